The molecule has 0 spiro atoms. The fourth-order valence-corrected chi connectivity index (χ4v) is 10.1. The van der Waals surface area contributed by atoms with Crippen LogP contribution in [-0.4, -0.2) is 83.5 Å². The van der Waals surface area contributed by atoms with Gasteiger partial charge in [-0.15, -0.1) is 11.3 Å². The quantitative estimate of drug-likeness (QED) is 0.0251. The van der Waals surface area contributed by atoms with Crippen LogP contribution in [0.15, 0.2) is 125 Å². The number of Topliss-reactive ketones (excluding diaryl/α,β-unsaturated/α-hetero) is 1. The number of hydrogen-bond donors (Lipinski definition) is 2. The summed E-state index contributed by atoms with van der Waals surface area (Å²) in [6, 6.07) is 30.7. The van der Waals surface area contributed by atoms with Crippen molar-refractivity contribution in [2.75, 3.05) is 44.5 Å². The summed E-state index contributed by atoms with van der Waals surface area (Å²) >= 11 is 1.58. The number of ether oxygens (including phenoxy) is 4. The number of anilines is 1. The number of rotatable bonds is 24. The van der Waals surface area contributed by atoms with Crippen LogP contribution >= 0.6 is 11.3 Å². The van der Waals surface area contributed by atoms with E-state index in [2.05, 4.69) is 15.5 Å². The number of para-hydroxylation sites is 1. The number of aliphatic hydroxyl groups is 1. The molecule has 8 rings (SSSR count). The number of non-ortho nitro benzene ring substituents is 1. The maximum absolute atomic E-state index is 14.2. The summed E-state index contributed by atoms with van der Waals surface area (Å²) in [5.41, 5.74) is 8.73. The third kappa shape index (κ3) is 13.0. The number of thiazole rings is 1. The third-order valence-corrected chi connectivity index (χ3v) is 14.0. The van der Waals surface area contributed by atoms with Crippen LogP contribution in [0.3, 0.4) is 0 Å². The number of ketones is 1. The largest absolute Gasteiger partial charge is 0.491 e. The van der Waals surface area contributed by atoms with E-state index in [0.29, 0.717) is 50.1 Å². The first kappa shape index (κ1) is 52.0. The molecule has 380 valence electrons. The number of nitrogens with zero attached hydrogens (tertiary/aromatic N) is 4. The van der Waals surface area contributed by atoms with Gasteiger partial charge in [0.25, 0.3) is 17.5 Å². The van der Waals surface area contributed by atoms with Gasteiger partial charge in [-0.05, 0) is 96.4 Å². The molecule has 73 heavy (non-hydrogen) atoms. The molecular weight excluding hydrogens is 951 g/mol. The Morgan fingerprint density at radius 3 is 2.27 bits per heavy atom. The van der Waals surface area contributed by atoms with Crippen molar-refractivity contribution in [3.05, 3.63) is 165 Å². The Hall–Kier alpha value is -7.31. The molecule has 1 aliphatic heterocycles. The number of carbonyl (C=O) groups excluding carboxylic acids is 3. The van der Waals surface area contributed by atoms with Crippen molar-refractivity contribution in [3.8, 4) is 22.1 Å². The monoisotopic (exact) mass is 1010 g/mol. The van der Waals surface area contributed by atoms with Gasteiger partial charge in [0.05, 0.1) is 83.6 Å². The second kappa shape index (κ2) is 24.4. The molecule has 2 aromatic heterocycles. The Bertz CT molecular complexity index is 2910. The van der Waals surface area contributed by atoms with Gasteiger partial charge in [-0.3, -0.25) is 24.5 Å². The van der Waals surface area contributed by atoms with E-state index in [1.54, 1.807) is 52.7 Å². The molecule has 1 unspecified atom stereocenters. The standard InChI is InChI=1S/C56H59N5O11S/c1-35(2)52(53(63)47-30-43(62)31-48(47)55(64)58-36(3)40-16-18-41(19-17-40)54-37(4)57-34-73-54)50-32-51(59-72-50)71-29-27-69-25-24-68-26-28-70-44-22-14-39(15-23-44)33-60-49-11-6-5-9-45(49)46(56(60)65)10-7-8-38-12-20-42(21-13-38)61(66)67/h5-23,32,34-36,43,47-48,52,62H,24-31,33H2,1-4H3,(H,58,64)/b8-7+,46-10-/t36-,43-,47?,48+,52-/m0/s1. The number of aromatic nitrogens is 2. The van der Waals surface area contributed by atoms with Gasteiger partial charge >= 0.3 is 0 Å². The molecule has 2 aliphatic rings. The molecule has 3 heterocycles. The number of benzene rings is 4. The first-order valence-corrected chi connectivity index (χ1v) is 25.3. The predicted octanol–water partition coefficient (Wildman–Crippen LogP) is 9.72. The Labute approximate surface area is 427 Å². The minimum atomic E-state index is -0.775. The maximum Gasteiger partial charge on any atom is 0.269 e. The van der Waals surface area contributed by atoms with Crippen molar-refractivity contribution < 1.29 is 47.9 Å². The van der Waals surface area contributed by atoms with Gasteiger partial charge < -0.3 is 38.8 Å². The minimum Gasteiger partial charge on any atom is -0.491 e. The number of carbonyl (C=O) groups is 3. The Balaban J connectivity index is 0.721. The highest BCUT2D eigenvalue weighted by molar-refractivity contribution is 7.13. The van der Waals surface area contributed by atoms with Gasteiger partial charge in [0, 0.05) is 35.3 Å². The molecule has 2 amide bonds. The highest BCUT2D eigenvalue weighted by atomic mass is 32.1. The van der Waals surface area contributed by atoms with Crippen LogP contribution in [0.4, 0.5) is 11.4 Å². The molecule has 16 nitrogen and oxygen atoms in total. The van der Waals surface area contributed by atoms with E-state index < -0.39 is 28.8 Å². The van der Waals surface area contributed by atoms with Crippen molar-refractivity contribution in [1.82, 2.24) is 15.5 Å². The molecule has 0 bridgehead atoms. The van der Waals surface area contributed by atoms with Gasteiger partial charge in [0.1, 0.15) is 24.7 Å². The molecule has 2 N–H and O–H groups in total. The number of fused-ring (bicyclic) bond motifs is 1. The van der Waals surface area contributed by atoms with Crippen molar-refractivity contribution in [2.24, 2.45) is 17.8 Å². The van der Waals surface area contributed by atoms with E-state index in [1.807, 2.05) is 106 Å². The van der Waals surface area contributed by atoms with Crippen LogP contribution < -0.4 is 19.7 Å². The Morgan fingerprint density at radius 1 is 0.904 bits per heavy atom. The molecule has 1 aliphatic carbocycles. The molecule has 6 aromatic rings. The summed E-state index contributed by atoms with van der Waals surface area (Å²) < 4.78 is 28.6. The molecule has 1 saturated carbocycles. The summed E-state index contributed by atoms with van der Waals surface area (Å²) in [5, 5.41) is 28.8. The normalized spacial score (nSPS) is 17.8. The fourth-order valence-electron chi connectivity index (χ4n) is 9.24. The van der Waals surface area contributed by atoms with Crippen LogP contribution in [-0.2, 0) is 30.4 Å². The number of aliphatic hydroxyl groups excluding tert-OH is 1. The van der Waals surface area contributed by atoms with Gasteiger partial charge in [0.15, 0.2) is 5.76 Å². The van der Waals surface area contributed by atoms with Crippen molar-refractivity contribution in [2.45, 2.75) is 65.1 Å². The zero-order valence-electron chi connectivity index (χ0n) is 41.2. The van der Waals surface area contributed by atoms with Crippen molar-refractivity contribution in [1.29, 1.82) is 0 Å². The summed E-state index contributed by atoms with van der Waals surface area (Å²) in [5.74, 6) is -1.57. The second-order valence-corrected chi connectivity index (χ2v) is 19.3. The van der Waals surface area contributed by atoms with E-state index in [-0.39, 0.29) is 67.2 Å². The number of allylic oxidation sites excluding steroid dienone is 2. The molecule has 0 radical (unpaired) electrons. The zero-order valence-corrected chi connectivity index (χ0v) is 42.0. The lowest BCUT2D eigenvalue weighted by molar-refractivity contribution is -0.384. The molecule has 4 aromatic carbocycles. The number of amides is 2. The van der Waals surface area contributed by atoms with E-state index in [0.717, 1.165) is 44.1 Å². The first-order valence-electron chi connectivity index (χ1n) is 24.4. The third-order valence-electron chi connectivity index (χ3n) is 13.0. The van der Waals surface area contributed by atoms with E-state index in [4.69, 9.17) is 23.5 Å². The van der Waals surface area contributed by atoms with Crippen LogP contribution in [0, 0.1) is 34.8 Å². The lowest BCUT2D eigenvalue weighted by Gasteiger charge is -2.25. The number of hydrogen-bond acceptors (Lipinski definition) is 14. The van der Waals surface area contributed by atoms with E-state index >= 15 is 0 Å². The SMILES string of the molecule is Cc1ncsc1-c1ccc([C@H](C)NC(=O)[C@@H]2C[C@@H](O)CC2C(=O)[C@H](c2cc(OCCOCCOCCOc3ccc(CN4C(=O)/C(=C\C=C\c5ccc([N+](=O)[O-])cc5)c5ccccc54)cc3)no2)C(C)C)cc1. The summed E-state index contributed by atoms with van der Waals surface area (Å²) in [6.45, 7) is 9.89. The predicted molar refractivity (Wildman–Crippen MR) is 277 cm³/mol. The van der Waals surface area contributed by atoms with E-state index in [9.17, 15) is 29.6 Å². The molecule has 0 saturated heterocycles. The zero-order chi connectivity index (χ0) is 51.4. The van der Waals surface area contributed by atoms with Crippen LogP contribution in [0.2, 0.25) is 0 Å². The molecule has 1 fully saturated rings. The van der Waals surface area contributed by atoms with Gasteiger partial charge in [-0.2, -0.15) is 0 Å². The first-order chi connectivity index (χ1) is 35.3. The van der Waals surface area contributed by atoms with Crippen LogP contribution in [0.25, 0.3) is 22.1 Å². The lowest BCUT2D eigenvalue weighted by atomic mass is 9.79. The lowest BCUT2D eigenvalue weighted by Crippen LogP contribution is -2.38. The van der Waals surface area contributed by atoms with Gasteiger partial charge in [-0.25, -0.2) is 4.98 Å². The minimum absolute atomic E-state index is 0.0177. The Morgan fingerprint density at radius 2 is 1.59 bits per heavy atom. The smallest absolute Gasteiger partial charge is 0.269 e. The number of nitrogens with one attached hydrogen (secondary N) is 1. The molecular formula is C56H59N5O11S. The number of nitro groups is 1. The number of nitro benzene ring substituents is 1. The summed E-state index contributed by atoms with van der Waals surface area (Å²) in [4.78, 5) is 59.2. The number of aryl methyl sites for hydroxylation is 1. The summed E-state index contributed by atoms with van der Waals surface area (Å²) in [6.07, 6.45) is 4.96. The van der Waals surface area contributed by atoms with Gasteiger partial charge in [-0.1, -0.05) is 80.6 Å². The average molecular weight is 1010 g/mol. The Kier molecular flexibility index (Phi) is 17.4. The van der Waals surface area contributed by atoms with Crippen LogP contribution in [0.1, 0.15) is 79.3 Å². The highest BCUT2D eigenvalue weighted by Gasteiger charge is 2.46. The summed E-state index contributed by atoms with van der Waals surface area (Å²) in [7, 11) is 0. The van der Waals surface area contributed by atoms with Crippen LogP contribution in [0.5, 0.6) is 11.6 Å². The van der Waals surface area contributed by atoms with Gasteiger partial charge in [0.2, 0.25) is 5.91 Å². The highest BCUT2D eigenvalue weighted by Crippen LogP contribution is 2.41. The second-order valence-electron chi connectivity index (χ2n) is 18.4. The van der Waals surface area contributed by atoms with Crippen molar-refractivity contribution >= 4 is 52.0 Å². The maximum atomic E-state index is 14.2. The van der Waals surface area contributed by atoms with Crippen molar-refractivity contribution in [3.63, 3.8) is 0 Å². The fraction of sp³-hybridized carbons (Fsp3) is 0.339. The average Bonchev–Trinajstić information content (AvgIpc) is 4.19. The molecule has 17 heteroatoms. The topological polar surface area (TPSA) is 206 Å². The molecule has 5 atom stereocenters. The van der Waals surface area contributed by atoms with E-state index in [1.165, 1.54) is 12.1 Å².